The van der Waals surface area contributed by atoms with E-state index in [0.717, 1.165) is 25.7 Å². The van der Waals surface area contributed by atoms with Gasteiger partial charge in [-0.1, -0.05) is 19.3 Å². The van der Waals surface area contributed by atoms with E-state index >= 15 is 0 Å². The number of nitrogens with zero attached hydrogens (tertiary/aromatic N) is 1. The summed E-state index contributed by atoms with van der Waals surface area (Å²) < 4.78 is 5.68. The van der Waals surface area contributed by atoms with Gasteiger partial charge in [-0.25, -0.2) is 0 Å². The molecule has 3 amide bonds. The Kier molecular flexibility index (Phi) is 6.42. The fourth-order valence-corrected chi connectivity index (χ4v) is 3.69. The maximum Gasteiger partial charge on any atom is 0.268 e. The molecule has 8 nitrogen and oxygen atoms in total. The molecule has 0 radical (unpaired) electrons. The third-order valence-electron chi connectivity index (χ3n) is 5.35. The summed E-state index contributed by atoms with van der Waals surface area (Å²) in [5.74, 6) is -0.432. The van der Waals surface area contributed by atoms with Crippen LogP contribution in [0, 0.1) is 0 Å². The normalized spacial score (nSPS) is 18.2. The lowest BCUT2D eigenvalue weighted by Gasteiger charge is -2.32. The van der Waals surface area contributed by atoms with E-state index in [-0.39, 0.29) is 43.5 Å². The highest BCUT2D eigenvalue weighted by Gasteiger charge is 2.35. The van der Waals surface area contributed by atoms with Crippen LogP contribution < -0.4 is 15.4 Å². The van der Waals surface area contributed by atoms with Gasteiger partial charge in [0.1, 0.15) is 5.75 Å². The molecule has 0 saturated heterocycles. The Hall–Kier alpha value is -2.61. The van der Waals surface area contributed by atoms with E-state index in [0.29, 0.717) is 17.0 Å². The number of ether oxygens (including phenoxy) is 1. The van der Waals surface area contributed by atoms with Crippen LogP contribution in [-0.2, 0) is 9.59 Å². The number of carbonyl (C=O) groups excluding carboxylic acids is 3. The molecule has 0 spiro atoms. The van der Waals surface area contributed by atoms with Gasteiger partial charge in [0.15, 0.2) is 5.60 Å². The predicted octanol–water partition coefficient (Wildman–Crippen LogP) is 1.68. The number of anilines is 1. The van der Waals surface area contributed by atoms with Crippen LogP contribution in [0.25, 0.3) is 0 Å². The number of hydrogen-bond acceptors (Lipinski definition) is 5. The van der Waals surface area contributed by atoms with Crippen LogP contribution in [0.2, 0.25) is 0 Å². The summed E-state index contributed by atoms with van der Waals surface area (Å²) >= 11 is 0. The average molecular weight is 403 g/mol. The highest BCUT2D eigenvalue weighted by molar-refractivity contribution is 6.03. The molecule has 1 saturated carbocycles. The maximum atomic E-state index is 12.9. The zero-order valence-electron chi connectivity index (χ0n) is 17.0. The van der Waals surface area contributed by atoms with Crippen molar-refractivity contribution in [1.29, 1.82) is 0 Å². The topological polar surface area (TPSA) is 108 Å². The molecule has 0 atom stereocenters. The fraction of sp³-hybridized carbons (Fsp3) is 0.571. The Labute approximate surface area is 170 Å². The van der Waals surface area contributed by atoms with E-state index < -0.39 is 5.60 Å². The minimum Gasteiger partial charge on any atom is -0.476 e. The second-order valence-corrected chi connectivity index (χ2v) is 8.13. The van der Waals surface area contributed by atoms with Crippen molar-refractivity contribution in [1.82, 2.24) is 10.2 Å². The van der Waals surface area contributed by atoms with E-state index in [1.54, 1.807) is 26.0 Å². The third kappa shape index (κ3) is 5.06. The first-order valence-electron chi connectivity index (χ1n) is 10.1. The van der Waals surface area contributed by atoms with Crippen molar-refractivity contribution in [2.75, 3.05) is 25.0 Å². The van der Waals surface area contributed by atoms with E-state index in [4.69, 9.17) is 4.74 Å². The van der Waals surface area contributed by atoms with Gasteiger partial charge in [-0.2, -0.15) is 0 Å². The summed E-state index contributed by atoms with van der Waals surface area (Å²) in [6.07, 6.45) is 5.31. The van der Waals surface area contributed by atoms with Crippen LogP contribution in [0.1, 0.15) is 56.3 Å². The molecular formula is C21H29N3O5. The molecule has 0 aromatic heterocycles. The third-order valence-corrected chi connectivity index (χ3v) is 5.35. The van der Waals surface area contributed by atoms with Gasteiger partial charge in [-0.05, 0) is 44.9 Å². The molecule has 8 heteroatoms. The molecule has 29 heavy (non-hydrogen) atoms. The average Bonchev–Trinajstić information content (AvgIpc) is 2.68. The van der Waals surface area contributed by atoms with E-state index in [2.05, 4.69) is 10.6 Å². The quantitative estimate of drug-likeness (QED) is 0.670. The SMILES string of the molecule is CC1(C)Oc2ccc(C(=O)N(CCO)CC(=O)NC3CCCCC3)cc2NC1=O. The first-order valence-corrected chi connectivity index (χ1v) is 10.1. The van der Waals surface area contributed by atoms with Crippen molar-refractivity contribution in [2.45, 2.75) is 57.6 Å². The predicted molar refractivity (Wildman–Crippen MR) is 108 cm³/mol. The monoisotopic (exact) mass is 403 g/mol. The number of hydrogen-bond donors (Lipinski definition) is 3. The lowest BCUT2D eigenvalue weighted by molar-refractivity contribution is -0.129. The number of fused-ring (bicyclic) bond motifs is 1. The van der Waals surface area contributed by atoms with Crippen LogP contribution in [0.5, 0.6) is 5.75 Å². The molecule has 158 valence electrons. The molecule has 1 fully saturated rings. The van der Waals surface area contributed by atoms with Crippen molar-refractivity contribution >= 4 is 23.4 Å². The summed E-state index contributed by atoms with van der Waals surface area (Å²) in [5, 5.41) is 15.1. The minimum atomic E-state index is -0.987. The number of aliphatic hydroxyl groups excluding tert-OH is 1. The molecule has 2 aliphatic rings. The molecule has 1 aliphatic heterocycles. The van der Waals surface area contributed by atoms with Gasteiger partial charge in [0, 0.05) is 18.2 Å². The molecule has 0 unspecified atom stereocenters. The zero-order chi connectivity index (χ0) is 21.0. The second kappa shape index (κ2) is 8.82. The van der Waals surface area contributed by atoms with Gasteiger partial charge in [-0.3, -0.25) is 14.4 Å². The lowest BCUT2D eigenvalue weighted by Crippen LogP contribution is -2.46. The van der Waals surface area contributed by atoms with Crippen molar-refractivity contribution in [3.63, 3.8) is 0 Å². The molecule has 1 aromatic rings. The molecule has 1 aromatic carbocycles. The van der Waals surface area contributed by atoms with Gasteiger partial charge >= 0.3 is 0 Å². The summed E-state index contributed by atoms with van der Waals surface area (Å²) in [5.41, 5.74) is -0.263. The largest absolute Gasteiger partial charge is 0.476 e. The summed E-state index contributed by atoms with van der Waals surface area (Å²) in [6.45, 7) is 3.00. The van der Waals surface area contributed by atoms with Crippen molar-refractivity contribution in [3.05, 3.63) is 23.8 Å². The van der Waals surface area contributed by atoms with Crippen LogP contribution in [0.15, 0.2) is 18.2 Å². The molecular weight excluding hydrogens is 374 g/mol. The Morgan fingerprint density at radius 2 is 2.00 bits per heavy atom. The molecule has 0 bridgehead atoms. The number of carbonyl (C=O) groups is 3. The fourth-order valence-electron chi connectivity index (χ4n) is 3.69. The summed E-state index contributed by atoms with van der Waals surface area (Å²) in [7, 11) is 0. The minimum absolute atomic E-state index is 0.0455. The van der Waals surface area contributed by atoms with Crippen molar-refractivity contribution in [3.8, 4) is 5.75 Å². The van der Waals surface area contributed by atoms with Gasteiger partial charge in [0.2, 0.25) is 5.91 Å². The maximum absolute atomic E-state index is 12.9. The highest BCUT2D eigenvalue weighted by atomic mass is 16.5. The number of rotatable bonds is 6. The van der Waals surface area contributed by atoms with Crippen LogP contribution >= 0.6 is 0 Å². The smallest absolute Gasteiger partial charge is 0.268 e. The Morgan fingerprint density at radius 3 is 2.69 bits per heavy atom. The van der Waals surface area contributed by atoms with Gasteiger partial charge in [-0.15, -0.1) is 0 Å². The lowest BCUT2D eigenvalue weighted by atomic mass is 9.95. The van der Waals surface area contributed by atoms with Gasteiger partial charge < -0.3 is 25.4 Å². The van der Waals surface area contributed by atoms with Crippen molar-refractivity contribution in [2.24, 2.45) is 0 Å². The number of benzene rings is 1. The Morgan fingerprint density at radius 1 is 1.28 bits per heavy atom. The Balaban J connectivity index is 1.69. The van der Waals surface area contributed by atoms with Gasteiger partial charge in [0.25, 0.3) is 11.8 Å². The number of aliphatic hydroxyl groups is 1. The zero-order valence-corrected chi connectivity index (χ0v) is 17.0. The van der Waals surface area contributed by atoms with Crippen molar-refractivity contribution < 1.29 is 24.2 Å². The second-order valence-electron chi connectivity index (χ2n) is 8.13. The molecule has 1 aliphatic carbocycles. The first-order chi connectivity index (χ1) is 13.8. The number of nitrogens with one attached hydrogen (secondary N) is 2. The van der Waals surface area contributed by atoms with E-state index in [1.807, 2.05) is 0 Å². The standard InChI is InChI=1S/C21H29N3O5/c1-21(2)20(28)23-16-12-14(8-9-17(16)29-21)19(27)24(10-11-25)13-18(26)22-15-6-4-3-5-7-15/h8-9,12,15,25H,3-7,10-11,13H2,1-2H3,(H,22,26)(H,23,28). The number of amides is 3. The molecule has 1 heterocycles. The highest BCUT2D eigenvalue weighted by Crippen LogP contribution is 2.34. The molecule has 3 N–H and O–H groups in total. The Bertz CT molecular complexity index is 787. The van der Waals surface area contributed by atoms with Gasteiger partial charge in [0.05, 0.1) is 18.8 Å². The van der Waals surface area contributed by atoms with E-state index in [9.17, 15) is 19.5 Å². The summed E-state index contributed by atoms with van der Waals surface area (Å²) in [4.78, 5) is 38.8. The summed E-state index contributed by atoms with van der Waals surface area (Å²) in [6, 6.07) is 4.91. The first kappa shape index (κ1) is 21.1. The van der Waals surface area contributed by atoms with Crippen LogP contribution in [-0.4, -0.2) is 59.1 Å². The van der Waals surface area contributed by atoms with Crippen LogP contribution in [0.4, 0.5) is 5.69 Å². The molecule has 3 rings (SSSR count). The van der Waals surface area contributed by atoms with E-state index in [1.165, 1.54) is 17.4 Å². The van der Waals surface area contributed by atoms with Crippen LogP contribution in [0.3, 0.4) is 0 Å².